The lowest BCUT2D eigenvalue weighted by Gasteiger charge is -2.35. The summed E-state index contributed by atoms with van der Waals surface area (Å²) in [7, 11) is 1.74. The molecule has 26 heavy (non-hydrogen) atoms. The Balaban J connectivity index is 1.55. The number of pyridine rings is 1. The molecule has 3 fully saturated rings. The minimum absolute atomic E-state index is 0.00634. The van der Waals surface area contributed by atoms with Crippen LogP contribution in [0.5, 0.6) is 0 Å². The smallest absolute Gasteiger partial charge is 0.218 e. The Hall–Kier alpha value is -1.54. The van der Waals surface area contributed by atoms with Gasteiger partial charge < -0.3 is 20.1 Å². The van der Waals surface area contributed by atoms with Crippen LogP contribution in [0.4, 0.5) is 0 Å². The van der Waals surface area contributed by atoms with Crippen LogP contribution in [-0.2, 0) is 19.9 Å². The third kappa shape index (κ3) is 3.24. The number of hydrogen-bond acceptors (Lipinski definition) is 6. The number of nitrogens with zero attached hydrogens (tertiary/aromatic N) is 1. The van der Waals surface area contributed by atoms with Gasteiger partial charge in [-0.05, 0) is 24.5 Å². The maximum atomic E-state index is 11.4. The van der Waals surface area contributed by atoms with E-state index in [1.807, 2.05) is 6.07 Å². The molecule has 142 valence electrons. The predicted octanol–water partition coefficient (Wildman–Crippen LogP) is 0.471. The van der Waals surface area contributed by atoms with Crippen LogP contribution in [0.25, 0.3) is 0 Å². The van der Waals surface area contributed by atoms with Gasteiger partial charge >= 0.3 is 0 Å². The Bertz CT molecular complexity index is 662. The fourth-order valence-corrected chi connectivity index (χ4v) is 4.64. The topological polar surface area (TPSA) is 84.5 Å². The van der Waals surface area contributed by atoms with Gasteiger partial charge in [0.2, 0.25) is 5.91 Å². The van der Waals surface area contributed by atoms with E-state index in [4.69, 9.17) is 14.5 Å². The van der Waals surface area contributed by atoms with Crippen LogP contribution in [0, 0.1) is 5.92 Å². The van der Waals surface area contributed by atoms with Gasteiger partial charge in [0.25, 0.3) is 0 Å². The van der Waals surface area contributed by atoms with Gasteiger partial charge in [0.1, 0.15) is 5.60 Å². The van der Waals surface area contributed by atoms with Gasteiger partial charge in [0, 0.05) is 57.8 Å². The van der Waals surface area contributed by atoms with Crippen LogP contribution in [0.2, 0.25) is 0 Å². The molecule has 3 aliphatic rings. The molecule has 0 aromatic carbocycles. The number of fused-ring (bicyclic) bond motifs is 1. The van der Waals surface area contributed by atoms with E-state index in [1.54, 1.807) is 14.0 Å². The van der Waals surface area contributed by atoms with Crippen molar-refractivity contribution in [2.24, 2.45) is 5.92 Å². The van der Waals surface area contributed by atoms with Crippen molar-refractivity contribution in [1.29, 1.82) is 0 Å². The van der Waals surface area contributed by atoms with Gasteiger partial charge in [0.05, 0.1) is 18.5 Å². The summed E-state index contributed by atoms with van der Waals surface area (Å²) in [6.45, 7) is 4.61. The van der Waals surface area contributed by atoms with Crippen molar-refractivity contribution >= 4 is 5.91 Å². The monoisotopic (exact) mass is 360 g/mol. The summed E-state index contributed by atoms with van der Waals surface area (Å²) < 4.78 is 11.4. The van der Waals surface area contributed by atoms with Crippen LogP contribution in [0.15, 0.2) is 18.2 Å². The van der Waals surface area contributed by atoms with Crippen LogP contribution >= 0.6 is 0 Å². The average molecular weight is 360 g/mol. The Labute approximate surface area is 154 Å². The Morgan fingerprint density at radius 3 is 3.00 bits per heavy atom. The largest absolute Gasteiger partial charge is 0.378 e. The number of aromatic nitrogens is 1. The summed E-state index contributed by atoms with van der Waals surface area (Å²) in [6, 6.07) is 6.66. The molecule has 1 aromatic heterocycles. The fraction of sp³-hybridized carbons (Fsp3) is 0.684. The van der Waals surface area contributed by atoms with Gasteiger partial charge in [-0.15, -0.1) is 0 Å². The molecule has 1 aromatic rings. The predicted molar refractivity (Wildman–Crippen MR) is 96.6 cm³/mol. The van der Waals surface area contributed by atoms with E-state index >= 15 is 0 Å². The van der Waals surface area contributed by atoms with Crippen molar-refractivity contribution in [1.82, 2.24) is 20.9 Å². The number of piperidine rings is 1. The number of carbonyl (C=O) groups is 1. The summed E-state index contributed by atoms with van der Waals surface area (Å²) in [5.74, 6) is 0.801. The summed E-state index contributed by atoms with van der Waals surface area (Å²) in [6.07, 6.45) is 1.78. The first-order valence-corrected chi connectivity index (χ1v) is 9.45. The van der Waals surface area contributed by atoms with Gasteiger partial charge in [-0.3, -0.25) is 15.1 Å². The molecule has 0 spiro atoms. The highest BCUT2D eigenvalue weighted by Crippen LogP contribution is 2.38. The van der Waals surface area contributed by atoms with Crippen molar-refractivity contribution in [2.45, 2.75) is 43.5 Å². The zero-order valence-electron chi connectivity index (χ0n) is 15.5. The number of nitrogens with one attached hydrogen (secondary N) is 3. The zero-order chi connectivity index (χ0) is 18.1. The van der Waals surface area contributed by atoms with E-state index in [2.05, 4.69) is 28.1 Å². The number of methoxy groups -OCH3 is 1. The number of carbonyl (C=O) groups excluding carboxylic acids is 1. The van der Waals surface area contributed by atoms with Crippen molar-refractivity contribution < 1.29 is 14.3 Å². The molecule has 1 amide bonds. The zero-order valence-corrected chi connectivity index (χ0v) is 15.5. The first-order chi connectivity index (χ1) is 12.6. The van der Waals surface area contributed by atoms with Crippen LogP contribution < -0.4 is 16.0 Å². The Morgan fingerprint density at radius 2 is 2.27 bits per heavy atom. The molecule has 0 saturated carbocycles. The lowest BCUT2D eigenvalue weighted by Crippen LogP contribution is -2.55. The SMILES string of the molecule is CO[C@@]1(c2cccc(C3CNC4CNC(NC(C)=O)CC43)n2)CCOC1. The van der Waals surface area contributed by atoms with Gasteiger partial charge in [0.15, 0.2) is 0 Å². The first kappa shape index (κ1) is 17.9. The molecule has 3 N–H and O–H groups in total. The van der Waals surface area contributed by atoms with Crippen molar-refractivity contribution in [3.8, 4) is 0 Å². The third-order valence-electron chi connectivity index (χ3n) is 6.10. The van der Waals surface area contributed by atoms with E-state index in [0.29, 0.717) is 31.1 Å². The average Bonchev–Trinajstić information content (AvgIpc) is 3.29. The summed E-state index contributed by atoms with van der Waals surface area (Å²) >= 11 is 0. The molecule has 0 bridgehead atoms. The van der Waals surface area contributed by atoms with Gasteiger partial charge in [-0.25, -0.2) is 0 Å². The van der Waals surface area contributed by atoms with Crippen LogP contribution in [-0.4, -0.2) is 56.5 Å². The number of rotatable bonds is 4. The lowest BCUT2D eigenvalue weighted by atomic mass is 9.82. The number of ether oxygens (including phenoxy) is 2. The minimum Gasteiger partial charge on any atom is -0.378 e. The summed E-state index contributed by atoms with van der Waals surface area (Å²) in [5, 5.41) is 10.0. The molecule has 4 rings (SSSR count). The second-order valence-electron chi connectivity index (χ2n) is 7.63. The Morgan fingerprint density at radius 1 is 1.38 bits per heavy atom. The molecular formula is C19H28N4O3. The molecule has 0 radical (unpaired) electrons. The minimum atomic E-state index is -0.422. The number of hydrogen-bond donors (Lipinski definition) is 3. The van der Waals surface area contributed by atoms with E-state index in [1.165, 1.54) is 0 Å². The second-order valence-corrected chi connectivity index (χ2v) is 7.63. The maximum absolute atomic E-state index is 11.4. The van der Waals surface area contributed by atoms with Crippen LogP contribution in [0.3, 0.4) is 0 Å². The summed E-state index contributed by atoms with van der Waals surface area (Å²) in [5.41, 5.74) is 1.65. The van der Waals surface area contributed by atoms with Gasteiger partial charge in [-0.2, -0.15) is 0 Å². The van der Waals surface area contributed by atoms with Crippen molar-refractivity contribution in [3.05, 3.63) is 29.6 Å². The third-order valence-corrected chi connectivity index (χ3v) is 6.10. The molecule has 4 unspecified atom stereocenters. The number of amides is 1. The summed E-state index contributed by atoms with van der Waals surface area (Å²) in [4.78, 5) is 16.4. The quantitative estimate of drug-likeness (QED) is 0.724. The normalized spacial score (nSPS) is 36.7. The molecule has 3 aliphatic heterocycles. The molecule has 5 atom stereocenters. The van der Waals surface area contributed by atoms with E-state index in [9.17, 15) is 4.79 Å². The molecular weight excluding hydrogens is 332 g/mol. The Kier molecular flexibility index (Phi) is 4.96. The van der Waals surface area contributed by atoms with Gasteiger partial charge in [-0.1, -0.05) is 6.07 Å². The highest BCUT2D eigenvalue weighted by molar-refractivity contribution is 5.73. The van der Waals surface area contributed by atoms with E-state index in [0.717, 1.165) is 37.3 Å². The second kappa shape index (κ2) is 7.23. The highest BCUT2D eigenvalue weighted by atomic mass is 16.5. The first-order valence-electron chi connectivity index (χ1n) is 9.45. The molecule has 3 saturated heterocycles. The molecule has 0 aliphatic carbocycles. The van der Waals surface area contributed by atoms with Crippen molar-refractivity contribution in [3.63, 3.8) is 0 Å². The van der Waals surface area contributed by atoms with E-state index in [-0.39, 0.29) is 12.1 Å². The fourth-order valence-electron chi connectivity index (χ4n) is 4.64. The standard InChI is InChI=1S/C19H28N4O3/c1-12(24)22-18-8-13-14(9-20-16(13)10-21-18)15-4-3-5-17(23-15)19(25-2)6-7-26-11-19/h3-5,13-14,16,18,20-21H,6-11H2,1-2H3,(H,22,24)/t13?,14?,16?,18?,19-/m0/s1. The molecule has 7 heteroatoms. The van der Waals surface area contributed by atoms with Crippen LogP contribution in [0.1, 0.15) is 37.1 Å². The molecule has 4 heterocycles. The van der Waals surface area contributed by atoms with Crippen molar-refractivity contribution in [2.75, 3.05) is 33.4 Å². The molecule has 7 nitrogen and oxygen atoms in total. The van der Waals surface area contributed by atoms with E-state index < -0.39 is 5.60 Å². The maximum Gasteiger partial charge on any atom is 0.218 e. The lowest BCUT2D eigenvalue weighted by molar-refractivity contribution is -0.120. The highest BCUT2D eigenvalue weighted by Gasteiger charge is 2.43.